The van der Waals surface area contributed by atoms with Crippen LogP contribution in [0.3, 0.4) is 0 Å². The lowest BCUT2D eigenvalue weighted by molar-refractivity contribution is 0.0593. The molecular formula is C12H19N3O2. The van der Waals surface area contributed by atoms with Crippen LogP contribution < -0.4 is 5.32 Å². The second-order valence-corrected chi connectivity index (χ2v) is 3.84. The molecular weight excluding hydrogens is 218 g/mol. The van der Waals surface area contributed by atoms with E-state index in [2.05, 4.69) is 33.9 Å². The van der Waals surface area contributed by atoms with E-state index in [9.17, 15) is 4.79 Å². The van der Waals surface area contributed by atoms with Crippen LogP contribution >= 0.6 is 0 Å². The topological polar surface area (TPSA) is 64.1 Å². The number of carbonyl (C=O) groups excluding carboxylic acids is 1. The van der Waals surface area contributed by atoms with Crippen molar-refractivity contribution < 1.29 is 9.53 Å². The van der Waals surface area contributed by atoms with Crippen molar-refractivity contribution in [2.24, 2.45) is 5.92 Å². The maximum atomic E-state index is 11.3. The normalized spacial score (nSPS) is 10.4. The summed E-state index contributed by atoms with van der Waals surface area (Å²) in [5.41, 5.74) is 0.224. The van der Waals surface area contributed by atoms with Gasteiger partial charge in [-0.15, -0.1) is 0 Å². The zero-order chi connectivity index (χ0) is 12.7. The van der Waals surface area contributed by atoms with E-state index in [-0.39, 0.29) is 5.69 Å². The summed E-state index contributed by atoms with van der Waals surface area (Å²) in [4.78, 5) is 19.4. The fourth-order valence-corrected chi connectivity index (χ4v) is 1.48. The van der Waals surface area contributed by atoms with Crippen LogP contribution in [0.2, 0.25) is 0 Å². The van der Waals surface area contributed by atoms with Gasteiger partial charge < -0.3 is 10.1 Å². The molecule has 0 unspecified atom stereocenters. The SMILES string of the molecule is CCC(CC)CNc1cncc(C(=O)OC)n1. The quantitative estimate of drug-likeness (QED) is 0.768. The van der Waals surface area contributed by atoms with Crippen molar-refractivity contribution >= 4 is 11.8 Å². The van der Waals surface area contributed by atoms with E-state index in [0.717, 1.165) is 19.4 Å². The molecule has 0 amide bonds. The molecule has 1 heterocycles. The molecule has 5 heteroatoms. The van der Waals surface area contributed by atoms with Crippen LogP contribution in [0.15, 0.2) is 12.4 Å². The Hall–Kier alpha value is -1.65. The highest BCUT2D eigenvalue weighted by molar-refractivity contribution is 5.87. The summed E-state index contributed by atoms with van der Waals surface area (Å²) < 4.78 is 4.59. The zero-order valence-electron chi connectivity index (χ0n) is 10.6. The number of methoxy groups -OCH3 is 1. The summed E-state index contributed by atoms with van der Waals surface area (Å²) in [6.45, 7) is 5.16. The summed E-state index contributed by atoms with van der Waals surface area (Å²) >= 11 is 0. The molecule has 0 saturated carbocycles. The van der Waals surface area contributed by atoms with Crippen molar-refractivity contribution in [1.29, 1.82) is 0 Å². The van der Waals surface area contributed by atoms with Crippen molar-refractivity contribution in [1.82, 2.24) is 9.97 Å². The predicted molar refractivity (Wildman–Crippen MR) is 65.9 cm³/mol. The summed E-state index contributed by atoms with van der Waals surface area (Å²) in [5.74, 6) is 0.752. The van der Waals surface area contributed by atoms with Crippen LogP contribution in [-0.4, -0.2) is 29.6 Å². The molecule has 1 aromatic rings. The first kappa shape index (κ1) is 13.4. The number of anilines is 1. The van der Waals surface area contributed by atoms with Crippen molar-refractivity contribution in [3.63, 3.8) is 0 Å². The van der Waals surface area contributed by atoms with Crippen molar-refractivity contribution in [3.8, 4) is 0 Å². The molecule has 0 saturated heterocycles. The molecule has 0 radical (unpaired) electrons. The number of nitrogens with zero attached hydrogens (tertiary/aromatic N) is 2. The average molecular weight is 237 g/mol. The lowest BCUT2D eigenvalue weighted by Crippen LogP contribution is -2.15. The predicted octanol–water partition coefficient (Wildman–Crippen LogP) is 2.11. The molecule has 17 heavy (non-hydrogen) atoms. The van der Waals surface area contributed by atoms with Gasteiger partial charge in [0.15, 0.2) is 5.69 Å². The molecule has 0 aliphatic rings. The number of nitrogens with one attached hydrogen (secondary N) is 1. The fraction of sp³-hybridized carbons (Fsp3) is 0.583. The van der Waals surface area contributed by atoms with Gasteiger partial charge in [0.05, 0.1) is 19.5 Å². The maximum Gasteiger partial charge on any atom is 0.358 e. The van der Waals surface area contributed by atoms with Gasteiger partial charge in [-0.2, -0.15) is 0 Å². The van der Waals surface area contributed by atoms with Gasteiger partial charge >= 0.3 is 5.97 Å². The summed E-state index contributed by atoms with van der Waals surface area (Å²) in [5, 5.41) is 3.18. The Morgan fingerprint density at radius 3 is 2.71 bits per heavy atom. The minimum absolute atomic E-state index is 0.224. The van der Waals surface area contributed by atoms with Crippen LogP contribution in [0.4, 0.5) is 5.82 Å². The summed E-state index contributed by atoms with van der Waals surface area (Å²) in [7, 11) is 1.33. The highest BCUT2D eigenvalue weighted by Crippen LogP contribution is 2.09. The molecule has 0 aromatic carbocycles. The number of carbonyl (C=O) groups is 1. The third-order valence-corrected chi connectivity index (χ3v) is 2.76. The Balaban J connectivity index is 2.62. The standard InChI is InChI=1S/C12H19N3O2/c1-4-9(5-2)6-14-11-8-13-7-10(15-11)12(16)17-3/h7-9H,4-6H2,1-3H3,(H,14,15). The van der Waals surface area contributed by atoms with Gasteiger partial charge in [-0.1, -0.05) is 26.7 Å². The van der Waals surface area contributed by atoms with Crippen LogP contribution in [0.5, 0.6) is 0 Å². The average Bonchev–Trinajstić information content (AvgIpc) is 2.39. The molecule has 1 rings (SSSR count). The van der Waals surface area contributed by atoms with Crippen LogP contribution in [0.1, 0.15) is 37.2 Å². The second-order valence-electron chi connectivity index (χ2n) is 3.84. The zero-order valence-corrected chi connectivity index (χ0v) is 10.6. The highest BCUT2D eigenvalue weighted by Gasteiger charge is 2.09. The highest BCUT2D eigenvalue weighted by atomic mass is 16.5. The number of rotatable bonds is 6. The van der Waals surface area contributed by atoms with E-state index in [0.29, 0.717) is 11.7 Å². The molecule has 1 aromatic heterocycles. The van der Waals surface area contributed by atoms with Gasteiger partial charge in [-0.3, -0.25) is 4.98 Å². The van der Waals surface area contributed by atoms with Crippen LogP contribution in [0.25, 0.3) is 0 Å². The van der Waals surface area contributed by atoms with Crippen molar-refractivity contribution in [2.75, 3.05) is 19.0 Å². The fourth-order valence-electron chi connectivity index (χ4n) is 1.48. The first-order valence-electron chi connectivity index (χ1n) is 5.85. The lowest BCUT2D eigenvalue weighted by Gasteiger charge is -2.13. The molecule has 0 atom stereocenters. The smallest absolute Gasteiger partial charge is 0.358 e. The molecule has 0 spiro atoms. The minimum atomic E-state index is -0.469. The third-order valence-electron chi connectivity index (χ3n) is 2.76. The molecule has 1 N–H and O–H groups in total. The van der Waals surface area contributed by atoms with Gasteiger partial charge in [0, 0.05) is 6.54 Å². The Morgan fingerprint density at radius 2 is 2.12 bits per heavy atom. The van der Waals surface area contributed by atoms with Gasteiger partial charge in [-0.05, 0) is 5.92 Å². The summed E-state index contributed by atoms with van der Waals surface area (Å²) in [6.07, 6.45) is 5.24. The second kappa shape index (κ2) is 6.83. The number of aromatic nitrogens is 2. The Bertz CT molecular complexity index is 365. The molecule has 0 aliphatic heterocycles. The number of hydrogen-bond acceptors (Lipinski definition) is 5. The van der Waals surface area contributed by atoms with E-state index < -0.39 is 5.97 Å². The van der Waals surface area contributed by atoms with Gasteiger partial charge in [0.1, 0.15) is 5.82 Å². The van der Waals surface area contributed by atoms with Gasteiger partial charge in [-0.25, -0.2) is 9.78 Å². The summed E-state index contributed by atoms with van der Waals surface area (Å²) in [6, 6.07) is 0. The van der Waals surface area contributed by atoms with Crippen molar-refractivity contribution in [2.45, 2.75) is 26.7 Å². The number of hydrogen-bond donors (Lipinski definition) is 1. The lowest BCUT2D eigenvalue weighted by atomic mass is 10.0. The Labute approximate surface area is 102 Å². The third kappa shape index (κ3) is 4.01. The van der Waals surface area contributed by atoms with E-state index in [1.165, 1.54) is 13.3 Å². The van der Waals surface area contributed by atoms with Gasteiger partial charge in [0.2, 0.25) is 0 Å². The van der Waals surface area contributed by atoms with Gasteiger partial charge in [0.25, 0.3) is 0 Å². The van der Waals surface area contributed by atoms with Crippen LogP contribution in [0, 0.1) is 5.92 Å². The maximum absolute atomic E-state index is 11.3. The Kier molecular flexibility index (Phi) is 5.39. The Morgan fingerprint density at radius 1 is 1.41 bits per heavy atom. The van der Waals surface area contributed by atoms with Crippen molar-refractivity contribution in [3.05, 3.63) is 18.1 Å². The number of esters is 1. The molecule has 0 fully saturated rings. The largest absolute Gasteiger partial charge is 0.464 e. The molecule has 5 nitrogen and oxygen atoms in total. The first-order valence-corrected chi connectivity index (χ1v) is 5.85. The van der Waals surface area contributed by atoms with E-state index >= 15 is 0 Å². The minimum Gasteiger partial charge on any atom is -0.464 e. The number of ether oxygens (including phenoxy) is 1. The monoisotopic (exact) mass is 237 g/mol. The van der Waals surface area contributed by atoms with E-state index in [1.54, 1.807) is 6.20 Å². The van der Waals surface area contributed by atoms with Crippen LogP contribution in [-0.2, 0) is 4.74 Å². The molecule has 94 valence electrons. The molecule has 0 aliphatic carbocycles. The van der Waals surface area contributed by atoms with E-state index in [4.69, 9.17) is 0 Å². The first-order chi connectivity index (χ1) is 8.21. The molecule has 0 bridgehead atoms. The van der Waals surface area contributed by atoms with E-state index in [1.807, 2.05) is 0 Å².